The zero-order chi connectivity index (χ0) is 25.5. The van der Waals surface area contributed by atoms with E-state index in [4.69, 9.17) is 4.74 Å². The summed E-state index contributed by atoms with van der Waals surface area (Å²) in [6.45, 7) is 2.32. The van der Waals surface area contributed by atoms with Gasteiger partial charge in [-0.15, -0.1) is 11.8 Å². The predicted octanol–water partition coefficient (Wildman–Crippen LogP) is 5.44. The summed E-state index contributed by atoms with van der Waals surface area (Å²) in [7, 11) is 1.58. The van der Waals surface area contributed by atoms with Crippen molar-refractivity contribution in [1.82, 2.24) is 14.9 Å². The number of carboxylic acid groups (broad SMARTS) is 1. The number of rotatable bonds is 11. The molecule has 0 aliphatic carbocycles. The van der Waals surface area contributed by atoms with Crippen LogP contribution in [0.3, 0.4) is 0 Å². The minimum atomic E-state index is -0.796. The average Bonchev–Trinajstić information content (AvgIpc) is 2.87. The molecule has 4 rings (SSSR count). The van der Waals surface area contributed by atoms with E-state index in [2.05, 4.69) is 14.9 Å². The lowest BCUT2D eigenvalue weighted by Gasteiger charge is -2.38. The number of piperidine rings is 1. The number of likely N-dealkylation sites (tertiary alicyclic amines) is 1. The third-order valence-corrected chi connectivity index (χ3v) is 7.88. The fraction of sp³-hybridized carbons (Fsp3) is 0.444. The maximum absolute atomic E-state index is 14.7. The Bertz CT molecular complexity index is 1200. The molecule has 3 heterocycles. The lowest BCUT2D eigenvalue weighted by atomic mass is 9.80. The van der Waals surface area contributed by atoms with Gasteiger partial charge in [0, 0.05) is 36.8 Å². The molecule has 0 radical (unpaired) electrons. The van der Waals surface area contributed by atoms with Crippen molar-refractivity contribution in [1.29, 1.82) is 0 Å². The largest absolute Gasteiger partial charge is 0.497 e. The van der Waals surface area contributed by atoms with Crippen LogP contribution in [-0.4, -0.2) is 58.4 Å². The van der Waals surface area contributed by atoms with Crippen LogP contribution in [-0.2, 0) is 11.2 Å². The predicted molar refractivity (Wildman–Crippen MR) is 136 cm³/mol. The number of pyridine rings is 2. The third-order valence-electron chi connectivity index (χ3n) is 6.92. The number of hydrogen-bond acceptors (Lipinski definition) is 6. The number of methoxy groups -OCH3 is 1. The number of carbonyl (C=O) groups is 1. The van der Waals surface area contributed by atoms with E-state index >= 15 is 0 Å². The van der Waals surface area contributed by atoms with Gasteiger partial charge in [-0.2, -0.15) is 0 Å². The number of halogens is 2. The number of ether oxygens (including phenoxy) is 1. The van der Waals surface area contributed by atoms with E-state index in [1.807, 2.05) is 18.2 Å². The first-order valence-corrected chi connectivity index (χ1v) is 13.2. The molecule has 1 aromatic carbocycles. The molecule has 0 saturated carbocycles. The summed E-state index contributed by atoms with van der Waals surface area (Å²) in [5, 5.41) is 10.6. The Labute approximate surface area is 214 Å². The number of thioether (sulfide) groups is 1. The van der Waals surface area contributed by atoms with Gasteiger partial charge in [0.1, 0.15) is 16.6 Å². The van der Waals surface area contributed by atoms with Crippen molar-refractivity contribution in [2.24, 2.45) is 11.8 Å². The highest BCUT2D eigenvalue weighted by Gasteiger charge is 2.30. The van der Waals surface area contributed by atoms with Crippen LogP contribution < -0.4 is 4.74 Å². The van der Waals surface area contributed by atoms with E-state index in [1.165, 1.54) is 24.0 Å². The molecule has 2 atom stereocenters. The normalized spacial score (nSPS) is 18.4. The van der Waals surface area contributed by atoms with Gasteiger partial charge >= 0.3 is 5.97 Å². The van der Waals surface area contributed by atoms with Gasteiger partial charge in [0.15, 0.2) is 5.82 Å². The number of aryl methyl sites for hydroxylation is 1. The number of nitrogens with zero attached hydrogens (tertiary/aromatic N) is 3. The summed E-state index contributed by atoms with van der Waals surface area (Å²) in [6.07, 6.45) is 6.03. The summed E-state index contributed by atoms with van der Waals surface area (Å²) in [5.41, 5.74) is 1.36. The van der Waals surface area contributed by atoms with E-state index in [9.17, 15) is 18.7 Å². The van der Waals surface area contributed by atoms with Crippen molar-refractivity contribution in [3.8, 4) is 5.75 Å². The molecule has 36 heavy (non-hydrogen) atoms. The van der Waals surface area contributed by atoms with Gasteiger partial charge in [-0.3, -0.25) is 9.78 Å². The molecular formula is C27H31F2N3O3S. The van der Waals surface area contributed by atoms with Gasteiger partial charge in [0.2, 0.25) is 0 Å². The first-order valence-electron chi connectivity index (χ1n) is 12.2. The van der Waals surface area contributed by atoms with Gasteiger partial charge in [0.25, 0.3) is 0 Å². The van der Waals surface area contributed by atoms with E-state index in [1.54, 1.807) is 19.4 Å². The van der Waals surface area contributed by atoms with Crippen molar-refractivity contribution < 1.29 is 23.4 Å². The standard InChI is InChI=1S/C27H31F2N3O3S/c1-35-20-7-8-25-22(15-20)21(24(29)16-31-25)5-2-4-18-9-11-32(17-19(18)14-26(33)34)12-13-36-27-23(28)6-3-10-30-27/h3,6-8,10,15-16,18-19H,2,4-5,9,11-14,17H2,1H3,(H,33,34)/t18-,19+/m1/s1. The molecule has 0 unspecified atom stereocenters. The Kier molecular flexibility index (Phi) is 9.09. The smallest absolute Gasteiger partial charge is 0.303 e. The van der Waals surface area contributed by atoms with Crippen LogP contribution in [0.15, 0.2) is 47.8 Å². The second-order valence-corrected chi connectivity index (χ2v) is 10.3. The minimum absolute atomic E-state index is 0.0342. The summed E-state index contributed by atoms with van der Waals surface area (Å²) in [4.78, 5) is 22.1. The zero-order valence-corrected chi connectivity index (χ0v) is 21.1. The highest BCUT2D eigenvalue weighted by atomic mass is 32.2. The van der Waals surface area contributed by atoms with Crippen LogP contribution in [0.2, 0.25) is 0 Å². The summed E-state index contributed by atoms with van der Waals surface area (Å²) >= 11 is 1.38. The van der Waals surface area contributed by atoms with Crippen molar-refractivity contribution >= 4 is 28.6 Å². The topological polar surface area (TPSA) is 75.5 Å². The molecule has 1 N–H and O–H groups in total. The summed E-state index contributed by atoms with van der Waals surface area (Å²) < 4.78 is 33.8. The molecule has 0 bridgehead atoms. The Hall–Kier alpha value is -2.78. The fourth-order valence-electron chi connectivity index (χ4n) is 5.07. The quantitative estimate of drug-likeness (QED) is 0.341. The minimum Gasteiger partial charge on any atom is -0.497 e. The van der Waals surface area contributed by atoms with E-state index in [-0.39, 0.29) is 29.9 Å². The Morgan fingerprint density at radius 1 is 1.22 bits per heavy atom. The molecule has 1 fully saturated rings. The molecule has 192 valence electrons. The van der Waals surface area contributed by atoms with Crippen LogP contribution in [0.1, 0.15) is 31.2 Å². The fourth-order valence-corrected chi connectivity index (χ4v) is 5.95. The van der Waals surface area contributed by atoms with Gasteiger partial charge in [-0.1, -0.05) is 0 Å². The van der Waals surface area contributed by atoms with Crippen LogP contribution in [0, 0.1) is 23.5 Å². The van der Waals surface area contributed by atoms with E-state index in [0.717, 1.165) is 43.3 Å². The lowest BCUT2D eigenvalue weighted by molar-refractivity contribution is -0.139. The molecule has 6 nitrogen and oxygen atoms in total. The van der Waals surface area contributed by atoms with Crippen LogP contribution in [0.25, 0.3) is 10.9 Å². The first-order chi connectivity index (χ1) is 17.4. The lowest BCUT2D eigenvalue weighted by Crippen LogP contribution is -2.42. The maximum Gasteiger partial charge on any atom is 0.303 e. The summed E-state index contributed by atoms with van der Waals surface area (Å²) in [5.74, 6) is 0.215. The molecule has 3 aromatic rings. The molecular weight excluding hydrogens is 484 g/mol. The number of fused-ring (bicyclic) bond motifs is 1. The molecule has 2 aromatic heterocycles. The highest BCUT2D eigenvalue weighted by molar-refractivity contribution is 7.99. The highest BCUT2D eigenvalue weighted by Crippen LogP contribution is 2.32. The first kappa shape index (κ1) is 26.3. The van der Waals surface area contributed by atoms with Gasteiger partial charge in [-0.25, -0.2) is 13.8 Å². The molecule has 9 heteroatoms. The third kappa shape index (κ3) is 6.70. The molecule has 0 spiro atoms. The van der Waals surface area contributed by atoms with Crippen LogP contribution >= 0.6 is 11.8 Å². The monoisotopic (exact) mass is 515 g/mol. The van der Waals surface area contributed by atoms with Crippen LogP contribution in [0.4, 0.5) is 8.78 Å². The van der Waals surface area contributed by atoms with Crippen molar-refractivity contribution in [2.75, 3.05) is 32.5 Å². The maximum atomic E-state index is 14.7. The average molecular weight is 516 g/mol. The van der Waals surface area contributed by atoms with Gasteiger partial charge in [0.05, 0.1) is 18.8 Å². The molecule has 0 amide bonds. The number of carboxylic acids is 1. The molecule has 1 saturated heterocycles. The zero-order valence-electron chi connectivity index (χ0n) is 20.3. The molecule has 1 aliphatic heterocycles. The summed E-state index contributed by atoms with van der Waals surface area (Å²) in [6, 6.07) is 8.44. The number of hydrogen-bond donors (Lipinski definition) is 1. The van der Waals surface area contributed by atoms with E-state index < -0.39 is 5.97 Å². The number of benzene rings is 1. The number of aliphatic carboxylic acids is 1. The van der Waals surface area contributed by atoms with Crippen molar-refractivity contribution in [3.63, 3.8) is 0 Å². The van der Waals surface area contributed by atoms with Crippen LogP contribution in [0.5, 0.6) is 5.75 Å². The SMILES string of the molecule is COc1ccc2ncc(F)c(CCC[C@@H]3CCN(CCSc4ncccc4F)C[C@@H]3CC(=O)O)c2c1. The van der Waals surface area contributed by atoms with Crippen molar-refractivity contribution in [2.45, 2.75) is 37.1 Å². The van der Waals surface area contributed by atoms with E-state index in [0.29, 0.717) is 35.1 Å². The second kappa shape index (κ2) is 12.5. The molecule has 1 aliphatic rings. The Morgan fingerprint density at radius 2 is 2.08 bits per heavy atom. The van der Waals surface area contributed by atoms with Gasteiger partial charge < -0.3 is 14.7 Å². The Balaban J connectivity index is 1.34. The van der Waals surface area contributed by atoms with Gasteiger partial charge in [-0.05, 0) is 80.0 Å². The van der Waals surface area contributed by atoms with Crippen molar-refractivity contribution in [3.05, 3.63) is 59.9 Å². The second-order valence-electron chi connectivity index (χ2n) is 9.21. The Morgan fingerprint density at radius 3 is 2.86 bits per heavy atom. The number of aromatic nitrogens is 2.